The number of anilines is 3. The highest BCUT2D eigenvalue weighted by atomic mass is 19.1. The molecule has 2 aromatic carbocycles. The third-order valence-electron chi connectivity index (χ3n) is 4.73. The summed E-state index contributed by atoms with van der Waals surface area (Å²) >= 11 is 0. The summed E-state index contributed by atoms with van der Waals surface area (Å²) in [6, 6.07) is 10.5. The number of benzene rings is 2. The van der Waals surface area contributed by atoms with Crippen LogP contribution in [0.25, 0.3) is 0 Å². The van der Waals surface area contributed by atoms with E-state index in [0.717, 1.165) is 24.4 Å². The van der Waals surface area contributed by atoms with Crippen LogP contribution in [0.5, 0.6) is 5.75 Å². The number of amides is 1. The fraction of sp³-hybridized carbons (Fsp3) is 0.350. The highest BCUT2D eigenvalue weighted by molar-refractivity contribution is 5.89. The van der Waals surface area contributed by atoms with Crippen LogP contribution in [0.3, 0.4) is 0 Å². The summed E-state index contributed by atoms with van der Waals surface area (Å²) in [5.41, 5.74) is 7.66. The molecule has 0 unspecified atom stereocenters. The first-order chi connectivity index (χ1) is 13.5. The Labute approximate surface area is 163 Å². The highest BCUT2D eigenvalue weighted by Gasteiger charge is 2.23. The van der Waals surface area contributed by atoms with Gasteiger partial charge in [-0.1, -0.05) is 12.1 Å². The fourth-order valence-corrected chi connectivity index (χ4v) is 3.19. The third kappa shape index (κ3) is 4.28. The Kier molecular flexibility index (Phi) is 6.20. The second-order valence-corrected chi connectivity index (χ2v) is 6.51. The number of piperazine rings is 1. The Hall–Kier alpha value is -3.00. The number of methoxy groups -OCH3 is 2. The summed E-state index contributed by atoms with van der Waals surface area (Å²) in [4.78, 5) is 15.8. The molecule has 1 fully saturated rings. The van der Waals surface area contributed by atoms with Crippen molar-refractivity contribution in [1.29, 1.82) is 0 Å². The summed E-state index contributed by atoms with van der Waals surface area (Å²) in [6.07, 6.45) is -0.548. The minimum Gasteiger partial charge on any atom is -0.497 e. The molecule has 28 heavy (non-hydrogen) atoms. The van der Waals surface area contributed by atoms with Crippen LogP contribution < -0.4 is 25.6 Å². The first kappa shape index (κ1) is 19.8. The zero-order valence-electron chi connectivity index (χ0n) is 16.1. The van der Waals surface area contributed by atoms with Crippen LogP contribution in [-0.2, 0) is 11.3 Å². The number of nitrogens with one attached hydrogen (secondary N) is 1. The minimum absolute atomic E-state index is 0.00494. The summed E-state index contributed by atoms with van der Waals surface area (Å²) < 4.78 is 24.8. The van der Waals surface area contributed by atoms with Crippen LogP contribution in [0.2, 0.25) is 0 Å². The smallest absolute Gasteiger partial charge is 0.414 e. The van der Waals surface area contributed by atoms with Crippen molar-refractivity contribution >= 4 is 23.2 Å². The zero-order chi connectivity index (χ0) is 20.1. The van der Waals surface area contributed by atoms with Gasteiger partial charge < -0.3 is 25.4 Å². The molecule has 1 amide bonds. The Balaban J connectivity index is 1.94. The molecule has 150 valence electrons. The van der Waals surface area contributed by atoms with Gasteiger partial charge in [-0.2, -0.15) is 0 Å². The Morgan fingerprint density at radius 2 is 1.89 bits per heavy atom. The van der Waals surface area contributed by atoms with Crippen molar-refractivity contribution in [3.05, 3.63) is 47.8 Å². The molecule has 0 radical (unpaired) electrons. The number of rotatable bonds is 5. The van der Waals surface area contributed by atoms with E-state index in [-0.39, 0.29) is 12.2 Å². The van der Waals surface area contributed by atoms with E-state index in [0.29, 0.717) is 24.5 Å². The lowest BCUT2D eigenvalue weighted by Crippen LogP contribution is -2.44. The Morgan fingerprint density at radius 3 is 2.50 bits per heavy atom. The molecule has 8 heteroatoms. The van der Waals surface area contributed by atoms with Crippen molar-refractivity contribution in [1.82, 2.24) is 5.32 Å². The van der Waals surface area contributed by atoms with Crippen molar-refractivity contribution in [3.63, 3.8) is 0 Å². The van der Waals surface area contributed by atoms with Gasteiger partial charge in [0.1, 0.15) is 5.75 Å². The number of hydrogen-bond acceptors (Lipinski definition) is 6. The summed E-state index contributed by atoms with van der Waals surface area (Å²) in [5.74, 6) is 0.250. The number of carbonyl (C=O) groups is 1. The Bertz CT molecular complexity index is 823. The number of hydrogen-bond donors (Lipinski definition) is 2. The van der Waals surface area contributed by atoms with Crippen LogP contribution in [0.1, 0.15) is 5.56 Å². The molecule has 1 heterocycles. The van der Waals surface area contributed by atoms with Gasteiger partial charge in [0.2, 0.25) is 0 Å². The van der Waals surface area contributed by atoms with Gasteiger partial charge >= 0.3 is 6.09 Å². The second-order valence-electron chi connectivity index (χ2n) is 6.51. The molecule has 0 atom stereocenters. The minimum atomic E-state index is -0.548. The van der Waals surface area contributed by atoms with Crippen LogP contribution >= 0.6 is 0 Å². The molecule has 0 bridgehead atoms. The van der Waals surface area contributed by atoms with Gasteiger partial charge in [-0.3, -0.25) is 4.90 Å². The van der Waals surface area contributed by atoms with Crippen LogP contribution in [0.4, 0.5) is 26.2 Å². The van der Waals surface area contributed by atoms with Gasteiger partial charge in [0.15, 0.2) is 5.82 Å². The van der Waals surface area contributed by atoms with Crippen LogP contribution in [-0.4, -0.2) is 46.5 Å². The first-order valence-corrected chi connectivity index (χ1v) is 9.06. The number of halogens is 1. The number of nitrogens with two attached hydrogens (primary N) is 1. The molecule has 1 saturated heterocycles. The van der Waals surface area contributed by atoms with Gasteiger partial charge in [-0.05, 0) is 29.8 Å². The van der Waals surface area contributed by atoms with Crippen LogP contribution in [0, 0.1) is 5.82 Å². The molecule has 3 rings (SSSR count). The van der Waals surface area contributed by atoms with Crippen molar-refractivity contribution < 1.29 is 18.7 Å². The largest absolute Gasteiger partial charge is 0.497 e. The normalized spacial score (nSPS) is 13.9. The van der Waals surface area contributed by atoms with Crippen molar-refractivity contribution in [2.45, 2.75) is 6.54 Å². The molecule has 1 aliphatic heterocycles. The van der Waals surface area contributed by atoms with E-state index in [1.54, 1.807) is 13.2 Å². The van der Waals surface area contributed by atoms with Gasteiger partial charge in [0, 0.05) is 26.2 Å². The van der Waals surface area contributed by atoms with Crippen molar-refractivity contribution in [2.75, 3.05) is 55.9 Å². The van der Waals surface area contributed by atoms with E-state index in [1.807, 2.05) is 29.2 Å². The molecular formula is C20H25FN4O3. The number of carbonyl (C=O) groups excluding carboxylic acids is 1. The van der Waals surface area contributed by atoms with E-state index in [1.165, 1.54) is 18.1 Å². The van der Waals surface area contributed by atoms with Crippen molar-refractivity contribution in [3.8, 4) is 5.75 Å². The molecule has 0 aliphatic carbocycles. The van der Waals surface area contributed by atoms with Gasteiger partial charge in [-0.25, -0.2) is 9.18 Å². The molecular weight excluding hydrogens is 363 g/mol. The first-order valence-electron chi connectivity index (χ1n) is 9.06. The molecule has 3 N–H and O–H groups in total. The number of ether oxygens (including phenoxy) is 2. The van der Waals surface area contributed by atoms with Crippen LogP contribution in [0.15, 0.2) is 36.4 Å². The fourth-order valence-electron chi connectivity index (χ4n) is 3.19. The molecule has 7 nitrogen and oxygen atoms in total. The van der Waals surface area contributed by atoms with Gasteiger partial charge in [-0.15, -0.1) is 0 Å². The number of nitrogen functional groups attached to an aromatic ring is 1. The summed E-state index contributed by atoms with van der Waals surface area (Å²) in [5, 5.41) is 3.24. The lowest BCUT2D eigenvalue weighted by atomic mass is 10.1. The average Bonchev–Trinajstić information content (AvgIpc) is 2.74. The monoisotopic (exact) mass is 388 g/mol. The predicted molar refractivity (Wildman–Crippen MR) is 107 cm³/mol. The molecule has 0 spiro atoms. The lowest BCUT2D eigenvalue weighted by molar-refractivity contribution is 0.178. The molecule has 2 aromatic rings. The lowest BCUT2D eigenvalue weighted by Gasteiger charge is -2.31. The maximum atomic E-state index is 14.7. The van der Waals surface area contributed by atoms with Gasteiger partial charge in [0.05, 0.1) is 37.8 Å². The Morgan fingerprint density at radius 1 is 1.21 bits per heavy atom. The maximum absolute atomic E-state index is 14.7. The SMILES string of the molecule is COC(=O)N(Cc1ccc(OC)cc1)c1cc(N)c(F)c(N2CCNCC2)c1. The zero-order valence-corrected chi connectivity index (χ0v) is 16.1. The number of nitrogens with zero attached hydrogens (tertiary/aromatic N) is 2. The highest BCUT2D eigenvalue weighted by Crippen LogP contribution is 2.32. The predicted octanol–water partition coefficient (Wildman–Crippen LogP) is 2.60. The average molecular weight is 388 g/mol. The van der Waals surface area contributed by atoms with E-state index >= 15 is 0 Å². The molecule has 0 aromatic heterocycles. The molecule has 0 saturated carbocycles. The second kappa shape index (κ2) is 8.79. The van der Waals surface area contributed by atoms with E-state index in [2.05, 4.69) is 5.32 Å². The summed E-state index contributed by atoms with van der Waals surface area (Å²) in [7, 11) is 2.90. The van der Waals surface area contributed by atoms with E-state index in [9.17, 15) is 9.18 Å². The van der Waals surface area contributed by atoms with E-state index in [4.69, 9.17) is 15.2 Å². The van der Waals surface area contributed by atoms with Gasteiger partial charge in [0.25, 0.3) is 0 Å². The molecule has 1 aliphatic rings. The topological polar surface area (TPSA) is 80.1 Å². The van der Waals surface area contributed by atoms with Crippen molar-refractivity contribution in [2.24, 2.45) is 0 Å². The standard InChI is InChI=1S/C20H25FN4O3/c1-27-16-5-3-14(4-6-16)13-25(20(26)28-2)15-11-17(22)19(21)18(12-15)24-9-7-23-8-10-24/h3-6,11-12,23H,7-10,13,22H2,1-2H3. The maximum Gasteiger partial charge on any atom is 0.414 e. The third-order valence-corrected chi connectivity index (χ3v) is 4.73. The summed E-state index contributed by atoms with van der Waals surface area (Å²) in [6.45, 7) is 3.10. The quantitative estimate of drug-likeness (QED) is 0.767. The van der Waals surface area contributed by atoms with E-state index < -0.39 is 11.9 Å².